The van der Waals surface area contributed by atoms with E-state index in [9.17, 15) is 0 Å². The summed E-state index contributed by atoms with van der Waals surface area (Å²) in [6.07, 6.45) is 5.18. The molecule has 1 heterocycles. The highest BCUT2D eigenvalue weighted by Crippen LogP contribution is 2.23. The van der Waals surface area contributed by atoms with Gasteiger partial charge in [-0.25, -0.2) is 4.98 Å². The van der Waals surface area contributed by atoms with Crippen LogP contribution in [0.4, 0.5) is 0 Å². The number of nitrogens with zero attached hydrogens (tertiary/aromatic N) is 1. The Hall–Kier alpha value is -0.760. The molecule has 2 nitrogen and oxygen atoms in total. The minimum Gasteiger partial charge on any atom is -0.474 e. The van der Waals surface area contributed by atoms with Gasteiger partial charge in [-0.1, -0.05) is 17.7 Å². The maximum atomic E-state index is 5.74. The molecule has 0 saturated heterocycles. The first-order chi connectivity index (χ1) is 6.34. The number of rotatable bonds is 2. The molecule has 0 bridgehead atoms. The third-order valence-corrected chi connectivity index (χ3v) is 2.49. The van der Waals surface area contributed by atoms with Crippen LogP contribution in [0.1, 0.15) is 25.7 Å². The summed E-state index contributed by atoms with van der Waals surface area (Å²) in [5.41, 5.74) is 0. The van der Waals surface area contributed by atoms with Crippen LogP contribution in [-0.2, 0) is 0 Å². The molecule has 0 spiro atoms. The molecule has 1 aromatic rings. The third kappa shape index (κ3) is 2.34. The van der Waals surface area contributed by atoms with Crippen molar-refractivity contribution in [1.29, 1.82) is 0 Å². The summed E-state index contributed by atoms with van der Waals surface area (Å²) in [4.78, 5) is 4.08. The Morgan fingerprint density at radius 2 is 2.08 bits per heavy atom. The fraction of sp³-hybridized carbons (Fsp3) is 0.500. The minimum absolute atomic E-state index is 0.353. The monoisotopic (exact) mass is 197 g/mol. The van der Waals surface area contributed by atoms with Crippen molar-refractivity contribution in [3.8, 4) is 5.88 Å². The number of hydrogen-bond acceptors (Lipinski definition) is 2. The molecule has 0 aliphatic heterocycles. The van der Waals surface area contributed by atoms with Gasteiger partial charge in [-0.05, 0) is 31.7 Å². The van der Waals surface area contributed by atoms with Gasteiger partial charge < -0.3 is 4.74 Å². The number of ether oxygens (including phenoxy) is 1. The second-order valence-corrected chi connectivity index (χ2v) is 3.71. The molecule has 70 valence electrons. The largest absolute Gasteiger partial charge is 0.474 e. The summed E-state index contributed by atoms with van der Waals surface area (Å²) in [7, 11) is 0. The van der Waals surface area contributed by atoms with Crippen LogP contribution in [0.2, 0.25) is 5.15 Å². The van der Waals surface area contributed by atoms with Gasteiger partial charge in [0, 0.05) is 6.07 Å². The highest BCUT2D eigenvalue weighted by atomic mass is 35.5. The van der Waals surface area contributed by atoms with Crippen LogP contribution in [0, 0.1) is 0 Å². The van der Waals surface area contributed by atoms with Crippen molar-refractivity contribution in [2.45, 2.75) is 31.8 Å². The third-order valence-electron chi connectivity index (χ3n) is 2.28. The first-order valence-electron chi connectivity index (χ1n) is 4.64. The number of pyridine rings is 1. The zero-order valence-corrected chi connectivity index (χ0v) is 8.13. The second kappa shape index (κ2) is 3.97. The van der Waals surface area contributed by atoms with E-state index in [0.29, 0.717) is 17.1 Å². The molecule has 0 N–H and O–H groups in total. The molecule has 2 rings (SSSR count). The Balaban J connectivity index is 2.00. The van der Waals surface area contributed by atoms with Crippen LogP contribution in [-0.4, -0.2) is 11.1 Å². The maximum absolute atomic E-state index is 5.74. The van der Waals surface area contributed by atoms with Crippen LogP contribution in [0.5, 0.6) is 5.88 Å². The molecule has 0 amide bonds. The quantitative estimate of drug-likeness (QED) is 0.680. The van der Waals surface area contributed by atoms with Crippen LogP contribution in [0.3, 0.4) is 0 Å². The average molecular weight is 198 g/mol. The fourth-order valence-electron chi connectivity index (χ4n) is 1.63. The van der Waals surface area contributed by atoms with Crippen LogP contribution >= 0.6 is 11.6 Å². The van der Waals surface area contributed by atoms with Crippen molar-refractivity contribution in [1.82, 2.24) is 4.98 Å². The summed E-state index contributed by atoms with van der Waals surface area (Å²) in [5.74, 6) is 0.652. The summed E-state index contributed by atoms with van der Waals surface area (Å²) >= 11 is 5.74. The van der Waals surface area contributed by atoms with Crippen molar-refractivity contribution in [2.75, 3.05) is 0 Å². The number of hydrogen-bond donors (Lipinski definition) is 0. The summed E-state index contributed by atoms with van der Waals surface area (Å²) in [6.45, 7) is 0. The van der Waals surface area contributed by atoms with Gasteiger partial charge in [0.1, 0.15) is 11.3 Å². The molecule has 13 heavy (non-hydrogen) atoms. The molecule has 0 aromatic carbocycles. The smallest absolute Gasteiger partial charge is 0.214 e. The Bertz CT molecular complexity index is 284. The van der Waals surface area contributed by atoms with E-state index in [-0.39, 0.29) is 0 Å². The molecule has 1 fully saturated rings. The number of aromatic nitrogens is 1. The predicted molar refractivity (Wildman–Crippen MR) is 52.1 cm³/mol. The van der Waals surface area contributed by atoms with E-state index in [2.05, 4.69) is 4.98 Å². The lowest BCUT2D eigenvalue weighted by molar-refractivity contribution is 0.201. The Kier molecular flexibility index (Phi) is 2.69. The Morgan fingerprint density at radius 3 is 2.77 bits per heavy atom. The first kappa shape index (κ1) is 8.82. The molecule has 0 radical (unpaired) electrons. The van der Waals surface area contributed by atoms with Crippen molar-refractivity contribution >= 4 is 11.6 Å². The van der Waals surface area contributed by atoms with Crippen molar-refractivity contribution < 1.29 is 4.74 Å². The Morgan fingerprint density at radius 1 is 1.31 bits per heavy atom. The molecule has 0 atom stereocenters. The molecular formula is C10H12ClNO. The van der Waals surface area contributed by atoms with Crippen LogP contribution in [0.15, 0.2) is 18.2 Å². The van der Waals surface area contributed by atoms with E-state index in [1.807, 2.05) is 12.1 Å². The fourth-order valence-corrected chi connectivity index (χ4v) is 1.79. The van der Waals surface area contributed by atoms with Crippen molar-refractivity contribution in [3.63, 3.8) is 0 Å². The lowest BCUT2D eigenvalue weighted by atomic mass is 10.3. The van der Waals surface area contributed by atoms with Gasteiger partial charge in [0.25, 0.3) is 0 Å². The lowest BCUT2D eigenvalue weighted by Gasteiger charge is -2.11. The van der Waals surface area contributed by atoms with E-state index >= 15 is 0 Å². The van der Waals surface area contributed by atoms with Gasteiger partial charge in [0.15, 0.2) is 0 Å². The molecule has 1 aliphatic rings. The zero-order chi connectivity index (χ0) is 9.10. The lowest BCUT2D eigenvalue weighted by Crippen LogP contribution is -2.11. The van der Waals surface area contributed by atoms with E-state index in [4.69, 9.17) is 16.3 Å². The van der Waals surface area contributed by atoms with E-state index < -0.39 is 0 Å². The minimum atomic E-state index is 0.353. The van der Waals surface area contributed by atoms with Gasteiger partial charge in [-0.2, -0.15) is 0 Å². The van der Waals surface area contributed by atoms with Crippen LogP contribution < -0.4 is 4.74 Å². The van der Waals surface area contributed by atoms with E-state index in [0.717, 1.165) is 12.8 Å². The predicted octanol–water partition coefficient (Wildman–Crippen LogP) is 3.06. The van der Waals surface area contributed by atoms with Gasteiger partial charge in [0.05, 0.1) is 0 Å². The van der Waals surface area contributed by atoms with Gasteiger partial charge in [0.2, 0.25) is 5.88 Å². The zero-order valence-electron chi connectivity index (χ0n) is 7.37. The number of halogens is 1. The average Bonchev–Trinajstić information content (AvgIpc) is 2.57. The SMILES string of the molecule is Clc1cccc(OC2CCCC2)n1. The topological polar surface area (TPSA) is 22.1 Å². The molecular weight excluding hydrogens is 186 g/mol. The first-order valence-corrected chi connectivity index (χ1v) is 5.01. The van der Waals surface area contributed by atoms with Crippen LogP contribution in [0.25, 0.3) is 0 Å². The molecule has 1 aliphatic carbocycles. The molecule has 0 unspecified atom stereocenters. The maximum Gasteiger partial charge on any atom is 0.214 e. The van der Waals surface area contributed by atoms with E-state index in [1.54, 1.807) is 6.07 Å². The normalized spacial score (nSPS) is 17.6. The summed E-state index contributed by atoms with van der Waals surface area (Å²) in [5, 5.41) is 0.496. The van der Waals surface area contributed by atoms with Crippen molar-refractivity contribution in [2.24, 2.45) is 0 Å². The highest BCUT2D eigenvalue weighted by Gasteiger charge is 2.16. The van der Waals surface area contributed by atoms with Gasteiger partial charge in [-0.3, -0.25) is 0 Å². The molecule has 3 heteroatoms. The van der Waals surface area contributed by atoms with E-state index in [1.165, 1.54) is 12.8 Å². The van der Waals surface area contributed by atoms with Gasteiger partial charge in [-0.15, -0.1) is 0 Å². The highest BCUT2D eigenvalue weighted by molar-refractivity contribution is 6.29. The van der Waals surface area contributed by atoms with Gasteiger partial charge >= 0.3 is 0 Å². The Labute approximate surface area is 82.9 Å². The second-order valence-electron chi connectivity index (χ2n) is 3.32. The standard InChI is InChI=1S/C10H12ClNO/c11-9-6-3-7-10(12-9)13-8-4-1-2-5-8/h3,6-8H,1-2,4-5H2. The molecule has 1 saturated carbocycles. The summed E-state index contributed by atoms with van der Waals surface area (Å²) < 4.78 is 5.66. The summed E-state index contributed by atoms with van der Waals surface area (Å²) in [6, 6.07) is 5.47. The van der Waals surface area contributed by atoms with Crippen molar-refractivity contribution in [3.05, 3.63) is 23.4 Å². The molecule has 1 aromatic heterocycles.